The summed E-state index contributed by atoms with van der Waals surface area (Å²) in [5, 5.41) is 3.42. The molecule has 0 fully saturated rings. The highest BCUT2D eigenvalue weighted by Gasteiger charge is 2.14. The third-order valence-corrected chi connectivity index (χ3v) is 2.59. The third-order valence-electron chi connectivity index (χ3n) is 2.59. The maximum Gasteiger partial charge on any atom is 0.254 e. The molecule has 1 heterocycles. The Labute approximate surface area is 98.9 Å². The summed E-state index contributed by atoms with van der Waals surface area (Å²) in [7, 11) is 3.12. The van der Waals surface area contributed by atoms with Crippen LogP contribution in [0.25, 0.3) is 16.7 Å². The number of furan rings is 1. The fourth-order valence-electron chi connectivity index (χ4n) is 1.66. The van der Waals surface area contributed by atoms with Crippen molar-refractivity contribution in [3.05, 3.63) is 42.2 Å². The lowest BCUT2D eigenvalue weighted by Gasteiger charge is -2.07. The molecule has 0 spiro atoms. The average Bonchev–Trinajstić information content (AvgIpc) is 2.83. The van der Waals surface area contributed by atoms with E-state index in [1.165, 1.54) is 0 Å². The van der Waals surface area contributed by atoms with Gasteiger partial charge in [-0.2, -0.15) is 0 Å². The summed E-state index contributed by atoms with van der Waals surface area (Å²) >= 11 is 0. The number of nitrogens with one attached hydrogen (secondary N) is 1. The number of hydrogen-bond acceptors (Lipinski definition) is 3. The molecular formula is C13H13NO3. The number of carbonyl (C=O) groups excluding carboxylic acids is 1. The predicted molar refractivity (Wildman–Crippen MR) is 65.6 cm³/mol. The van der Waals surface area contributed by atoms with E-state index < -0.39 is 0 Å². The zero-order valence-corrected chi connectivity index (χ0v) is 9.74. The molecule has 0 unspecified atom stereocenters. The van der Waals surface area contributed by atoms with Gasteiger partial charge in [0.1, 0.15) is 11.3 Å². The minimum atomic E-state index is -0.198. The highest BCUT2D eigenvalue weighted by molar-refractivity contribution is 6.05. The van der Waals surface area contributed by atoms with Gasteiger partial charge >= 0.3 is 0 Å². The van der Waals surface area contributed by atoms with Crippen LogP contribution in [-0.4, -0.2) is 20.1 Å². The fraction of sp³-hybridized carbons (Fsp3) is 0.154. The van der Waals surface area contributed by atoms with Gasteiger partial charge in [-0.05, 0) is 18.2 Å². The first-order valence-electron chi connectivity index (χ1n) is 5.14. The fourth-order valence-corrected chi connectivity index (χ4v) is 1.66. The maximum atomic E-state index is 11.7. The summed E-state index contributed by atoms with van der Waals surface area (Å²) in [5.74, 6) is 0.314. The van der Waals surface area contributed by atoms with Crippen LogP contribution >= 0.6 is 0 Å². The van der Waals surface area contributed by atoms with Crippen molar-refractivity contribution >= 4 is 22.6 Å². The minimum Gasteiger partial charge on any atom is -0.497 e. The molecule has 0 bridgehead atoms. The van der Waals surface area contributed by atoms with E-state index in [1.807, 2.05) is 6.07 Å². The van der Waals surface area contributed by atoms with Crippen molar-refractivity contribution in [2.24, 2.45) is 0 Å². The van der Waals surface area contributed by atoms with Crippen molar-refractivity contribution in [3.8, 4) is 0 Å². The van der Waals surface area contributed by atoms with Gasteiger partial charge in [0.15, 0.2) is 0 Å². The van der Waals surface area contributed by atoms with Gasteiger partial charge in [-0.3, -0.25) is 4.79 Å². The van der Waals surface area contributed by atoms with Crippen LogP contribution < -0.4 is 5.32 Å². The van der Waals surface area contributed by atoms with Gasteiger partial charge in [0.25, 0.3) is 5.91 Å². The van der Waals surface area contributed by atoms with Crippen molar-refractivity contribution in [3.63, 3.8) is 0 Å². The molecule has 0 aliphatic rings. The second-order valence-electron chi connectivity index (χ2n) is 3.57. The first kappa shape index (κ1) is 11.3. The van der Waals surface area contributed by atoms with E-state index in [0.29, 0.717) is 16.9 Å². The molecule has 0 aliphatic carbocycles. The van der Waals surface area contributed by atoms with Gasteiger partial charge < -0.3 is 14.5 Å². The molecular weight excluding hydrogens is 218 g/mol. The van der Waals surface area contributed by atoms with Crippen LogP contribution in [0.15, 0.2) is 35.5 Å². The average molecular weight is 231 g/mol. The predicted octanol–water partition coefficient (Wildman–Crippen LogP) is 2.41. The van der Waals surface area contributed by atoms with Gasteiger partial charge in [-0.25, -0.2) is 0 Å². The number of carbonyl (C=O) groups is 1. The van der Waals surface area contributed by atoms with Crippen LogP contribution in [-0.2, 0) is 4.74 Å². The molecule has 2 rings (SSSR count). The molecule has 0 atom stereocenters. The Morgan fingerprint density at radius 2 is 2.24 bits per heavy atom. The van der Waals surface area contributed by atoms with E-state index in [4.69, 9.17) is 9.15 Å². The molecule has 1 amide bonds. The van der Waals surface area contributed by atoms with E-state index >= 15 is 0 Å². The van der Waals surface area contributed by atoms with Crippen molar-refractivity contribution in [1.29, 1.82) is 0 Å². The zero-order chi connectivity index (χ0) is 12.4. The summed E-state index contributed by atoms with van der Waals surface area (Å²) in [5.41, 5.74) is 1.81. The van der Waals surface area contributed by atoms with Crippen molar-refractivity contribution in [1.82, 2.24) is 5.32 Å². The summed E-state index contributed by atoms with van der Waals surface area (Å²) in [4.78, 5) is 11.7. The van der Waals surface area contributed by atoms with Crippen LogP contribution in [0.5, 0.6) is 0 Å². The minimum absolute atomic E-state index is 0.198. The number of methoxy groups -OCH3 is 1. The Morgan fingerprint density at radius 1 is 1.47 bits per heavy atom. The molecule has 17 heavy (non-hydrogen) atoms. The number of hydrogen-bond donors (Lipinski definition) is 1. The van der Waals surface area contributed by atoms with Gasteiger partial charge in [-0.1, -0.05) is 6.58 Å². The molecule has 4 nitrogen and oxygen atoms in total. The Morgan fingerprint density at radius 3 is 2.88 bits per heavy atom. The summed E-state index contributed by atoms with van der Waals surface area (Å²) < 4.78 is 10.4. The Balaban J connectivity index is 2.66. The van der Waals surface area contributed by atoms with Crippen molar-refractivity contribution in [2.45, 2.75) is 0 Å². The Hall–Kier alpha value is -2.23. The van der Waals surface area contributed by atoms with Crippen molar-refractivity contribution in [2.75, 3.05) is 14.2 Å². The number of ether oxygens (including phenoxy) is 1. The molecule has 0 aliphatic heterocycles. The highest BCUT2D eigenvalue weighted by atomic mass is 16.5. The first-order chi connectivity index (χ1) is 8.17. The normalized spacial score (nSPS) is 10.2. The van der Waals surface area contributed by atoms with E-state index in [0.717, 1.165) is 10.9 Å². The largest absolute Gasteiger partial charge is 0.497 e. The van der Waals surface area contributed by atoms with E-state index in [2.05, 4.69) is 11.9 Å². The van der Waals surface area contributed by atoms with Gasteiger partial charge in [0.05, 0.1) is 18.9 Å². The molecule has 0 saturated carbocycles. The molecule has 4 heteroatoms. The number of amides is 1. The second kappa shape index (κ2) is 4.33. The smallest absolute Gasteiger partial charge is 0.254 e. The Kier molecular flexibility index (Phi) is 2.87. The SMILES string of the molecule is C=C(OC)c1cc(C(=O)NC)c2occc2c1. The summed E-state index contributed by atoms with van der Waals surface area (Å²) in [6.45, 7) is 3.78. The maximum absolute atomic E-state index is 11.7. The summed E-state index contributed by atoms with van der Waals surface area (Å²) in [6.07, 6.45) is 1.55. The van der Waals surface area contributed by atoms with Crippen LogP contribution in [0.3, 0.4) is 0 Å². The number of rotatable bonds is 3. The van der Waals surface area contributed by atoms with Gasteiger partial charge in [-0.15, -0.1) is 0 Å². The molecule has 0 radical (unpaired) electrons. The highest BCUT2D eigenvalue weighted by Crippen LogP contribution is 2.25. The van der Waals surface area contributed by atoms with Crippen LogP contribution in [0.1, 0.15) is 15.9 Å². The quantitative estimate of drug-likeness (QED) is 0.825. The molecule has 2 aromatic rings. The first-order valence-corrected chi connectivity index (χ1v) is 5.14. The molecule has 1 aromatic heterocycles. The number of benzene rings is 1. The molecule has 88 valence electrons. The van der Waals surface area contributed by atoms with Crippen LogP contribution in [0.2, 0.25) is 0 Å². The van der Waals surface area contributed by atoms with E-state index in [-0.39, 0.29) is 5.91 Å². The number of fused-ring (bicyclic) bond motifs is 1. The Bertz CT molecular complexity index is 583. The van der Waals surface area contributed by atoms with Crippen molar-refractivity contribution < 1.29 is 13.9 Å². The van der Waals surface area contributed by atoms with Gasteiger partial charge in [0, 0.05) is 18.0 Å². The standard InChI is InChI=1S/C13H13NO3/c1-8(16-3)10-6-9-4-5-17-12(9)11(7-10)13(15)14-2/h4-7H,1H2,2-3H3,(H,14,15). The van der Waals surface area contributed by atoms with Crippen LogP contribution in [0.4, 0.5) is 0 Å². The second-order valence-corrected chi connectivity index (χ2v) is 3.57. The molecule has 0 saturated heterocycles. The lowest BCUT2D eigenvalue weighted by Crippen LogP contribution is -2.18. The lowest BCUT2D eigenvalue weighted by atomic mass is 10.1. The van der Waals surface area contributed by atoms with Gasteiger partial charge in [0.2, 0.25) is 0 Å². The van der Waals surface area contributed by atoms with Crippen LogP contribution in [0, 0.1) is 0 Å². The molecule has 1 N–H and O–H groups in total. The summed E-state index contributed by atoms with van der Waals surface area (Å²) in [6, 6.07) is 5.38. The third kappa shape index (κ3) is 1.89. The molecule has 1 aromatic carbocycles. The van der Waals surface area contributed by atoms with E-state index in [1.54, 1.807) is 32.6 Å². The van der Waals surface area contributed by atoms with E-state index in [9.17, 15) is 4.79 Å². The zero-order valence-electron chi connectivity index (χ0n) is 9.74. The monoisotopic (exact) mass is 231 g/mol. The topological polar surface area (TPSA) is 51.5 Å². The lowest BCUT2D eigenvalue weighted by molar-refractivity contribution is 0.0963.